The first-order chi connectivity index (χ1) is 8.34. The fourth-order valence-electron chi connectivity index (χ4n) is 1.67. The maximum atomic E-state index is 12.6. The highest BCUT2D eigenvalue weighted by atomic mass is 19.4. The number of Topliss-reactive ketones (excluding diaryl/α,β-unsaturated/α-hetero) is 1. The van der Waals surface area contributed by atoms with Gasteiger partial charge in [-0.25, -0.2) is 0 Å². The van der Waals surface area contributed by atoms with Crippen molar-refractivity contribution < 1.29 is 22.7 Å². The molecular formula is C13H13F3O2. The second-order valence-corrected chi connectivity index (χ2v) is 4.65. The van der Waals surface area contributed by atoms with Gasteiger partial charge in [0.15, 0.2) is 5.78 Å². The van der Waals surface area contributed by atoms with E-state index >= 15 is 0 Å². The van der Waals surface area contributed by atoms with Crippen molar-refractivity contribution in [3.05, 3.63) is 29.8 Å². The first kappa shape index (κ1) is 12.9. The Morgan fingerprint density at radius 2 is 1.83 bits per heavy atom. The van der Waals surface area contributed by atoms with Crippen molar-refractivity contribution >= 4 is 5.78 Å². The highest BCUT2D eigenvalue weighted by Crippen LogP contribution is 2.57. The summed E-state index contributed by atoms with van der Waals surface area (Å²) in [6.45, 7) is 1.08. The zero-order chi connectivity index (χ0) is 13.4. The standard InChI is InChI=1S/C13H13F3O2/c1-9(17)10-2-4-11(5-3-10)18-8-12(6-7-12)13(14,15)16/h2-5H,6-8H2,1H3. The van der Waals surface area contributed by atoms with Crippen LogP contribution in [-0.4, -0.2) is 18.6 Å². The van der Waals surface area contributed by atoms with Crippen LogP contribution in [0.5, 0.6) is 5.75 Å². The van der Waals surface area contributed by atoms with Crippen molar-refractivity contribution in [2.75, 3.05) is 6.61 Å². The molecule has 0 unspecified atom stereocenters. The summed E-state index contributed by atoms with van der Waals surface area (Å²) in [5, 5.41) is 0. The van der Waals surface area contributed by atoms with Crippen molar-refractivity contribution in [2.45, 2.75) is 25.9 Å². The molecule has 1 saturated carbocycles. The van der Waals surface area contributed by atoms with Gasteiger partial charge in [0.25, 0.3) is 0 Å². The Bertz CT molecular complexity index is 444. The van der Waals surface area contributed by atoms with E-state index < -0.39 is 11.6 Å². The third-order valence-electron chi connectivity index (χ3n) is 3.23. The number of hydrogen-bond acceptors (Lipinski definition) is 2. The number of ketones is 1. The predicted molar refractivity (Wildman–Crippen MR) is 59.7 cm³/mol. The Balaban J connectivity index is 1.97. The lowest BCUT2D eigenvalue weighted by molar-refractivity contribution is -0.194. The van der Waals surface area contributed by atoms with E-state index in [4.69, 9.17) is 4.74 Å². The van der Waals surface area contributed by atoms with Crippen LogP contribution in [0.4, 0.5) is 13.2 Å². The van der Waals surface area contributed by atoms with Gasteiger partial charge >= 0.3 is 6.18 Å². The van der Waals surface area contributed by atoms with Gasteiger partial charge in [0.2, 0.25) is 0 Å². The Hall–Kier alpha value is -1.52. The molecule has 18 heavy (non-hydrogen) atoms. The summed E-state index contributed by atoms with van der Waals surface area (Å²) in [5.41, 5.74) is -1.15. The molecule has 2 nitrogen and oxygen atoms in total. The second-order valence-electron chi connectivity index (χ2n) is 4.65. The van der Waals surface area contributed by atoms with E-state index in [2.05, 4.69) is 0 Å². The Kier molecular flexibility index (Phi) is 3.09. The summed E-state index contributed by atoms with van der Waals surface area (Å²) in [6, 6.07) is 6.13. The summed E-state index contributed by atoms with van der Waals surface area (Å²) in [7, 11) is 0. The van der Waals surface area contributed by atoms with Gasteiger partial charge in [0, 0.05) is 5.56 Å². The normalized spacial score (nSPS) is 17.3. The molecular weight excluding hydrogens is 245 g/mol. The molecule has 98 valence electrons. The van der Waals surface area contributed by atoms with Gasteiger partial charge in [-0.05, 0) is 44.0 Å². The van der Waals surface area contributed by atoms with E-state index in [1.165, 1.54) is 19.1 Å². The van der Waals surface area contributed by atoms with Crippen LogP contribution < -0.4 is 4.74 Å². The highest BCUT2D eigenvalue weighted by Gasteiger charge is 2.63. The molecule has 5 heteroatoms. The molecule has 0 heterocycles. The molecule has 0 aliphatic heterocycles. The Morgan fingerprint density at radius 1 is 1.28 bits per heavy atom. The van der Waals surface area contributed by atoms with Crippen molar-refractivity contribution in [1.82, 2.24) is 0 Å². The number of carbonyl (C=O) groups excluding carboxylic acids is 1. The molecule has 0 aromatic heterocycles. The van der Waals surface area contributed by atoms with Crippen LogP contribution in [0, 0.1) is 5.41 Å². The van der Waals surface area contributed by atoms with E-state index in [0.29, 0.717) is 11.3 Å². The third-order valence-corrected chi connectivity index (χ3v) is 3.23. The van der Waals surface area contributed by atoms with Gasteiger partial charge in [-0.15, -0.1) is 0 Å². The average molecular weight is 258 g/mol. The third kappa shape index (κ3) is 2.49. The fraction of sp³-hybridized carbons (Fsp3) is 0.462. The largest absolute Gasteiger partial charge is 0.493 e. The molecule has 2 rings (SSSR count). The SMILES string of the molecule is CC(=O)c1ccc(OCC2(C(F)(F)F)CC2)cc1. The fourth-order valence-corrected chi connectivity index (χ4v) is 1.67. The number of alkyl halides is 3. The van der Waals surface area contributed by atoms with E-state index in [9.17, 15) is 18.0 Å². The molecule has 1 aromatic carbocycles. The van der Waals surface area contributed by atoms with E-state index in [-0.39, 0.29) is 25.2 Å². The Labute approximate surface area is 103 Å². The summed E-state index contributed by atoms with van der Waals surface area (Å²) in [4.78, 5) is 11.0. The van der Waals surface area contributed by atoms with Crippen LogP contribution in [0.1, 0.15) is 30.1 Å². The molecule has 0 spiro atoms. The lowest BCUT2D eigenvalue weighted by Gasteiger charge is -2.19. The van der Waals surface area contributed by atoms with Gasteiger partial charge in [0.05, 0.1) is 0 Å². The Morgan fingerprint density at radius 3 is 2.22 bits per heavy atom. The molecule has 0 saturated heterocycles. The van der Waals surface area contributed by atoms with Crippen LogP contribution in [0.25, 0.3) is 0 Å². The minimum absolute atomic E-state index is 0.0875. The van der Waals surface area contributed by atoms with Crippen LogP contribution in [0.2, 0.25) is 0 Å². The van der Waals surface area contributed by atoms with Gasteiger partial charge in [-0.3, -0.25) is 4.79 Å². The second kappa shape index (κ2) is 4.30. The van der Waals surface area contributed by atoms with Crippen LogP contribution in [0.15, 0.2) is 24.3 Å². The van der Waals surface area contributed by atoms with Crippen LogP contribution >= 0.6 is 0 Å². The summed E-state index contributed by atoms with van der Waals surface area (Å²) >= 11 is 0. The number of halogens is 3. The minimum atomic E-state index is -4.20. The van der Waals surface area contributed by atoms with Crippen LogP contribution in [0.3, 0.4) is 0 Å². The first-order valence-electron chi connectivity index (χ1n) is 5.65. The molecule has 1 aliphatic rings. The van der Waals surface area contributed by atoms with Crippen molar-refractivity contribution in [3.8, 4) is 5.75 Å². The minimum Gasteiger partial charge on any atom is -0.493 e. The molecule has 0 amide bonds. The van der Waals surface area contributed by atoms with Gasteiger partial charge in [-0.2, -0.15) is 13.2 Å². The molecule has 1 fully saturated rings. The molecule has 0 N–H and O–H groups in total. The highest BCUT2D eigenvalue weighted by molar-refractivity contribution is 5.94. The zero-order valence-corrected chi connectivity index (χ0v) is 9.88. The average Bonchev–Trinajstić information content (AvgIpc) is 3.07. The predicted octanol–water partition coefficient (Wildman–Crippen LogP) is 3.61. The van der Waals surface area contributed by atoms with E-state index in [0.717, 1.165) is 0 Å². The van der Waals surface area contributed by atoms with E-state index in [1.807, 2.05) is 0 Å². The quantitative estimate of drug-likeness (QED) is 0.771. The maximum Gasteiger partial charge on any atom is 0.397 e. The number of rotatable bonds is 4. The topological polar surface area (TPSA) is 26.3 Å². The summed E-state index contributed by atoms with van der Waals surface area (Å²) in [6.07, 6.45) is -3.95. The van der Waals surface area contributed by atoms with Crippen molar-refractivity contribution in [3.63, 3.8) is 0 Å². The number of benzene rings is 1. The molecule has 0 atom stereocenters. The van der Waals surface area contributed by atoms with Gasteiger partial charge < -0.3 is 4.74 Å². The molecule has 1 aromatic rings. The lowest BCUT2D eigenvalue weighted by atomic mass is 10.1. The number of ether oxygens (including phenoxy) is 1. The van der Waals surface area contributed by atoms with Crippen molar-refractivity contribution in [1.29, 1.82) is 0 Å². The zero-order valence-electron chi connectivity index (χ0n) is 9.88. The number of carbonyl (C=O) groups is 1. The summed E-state index contributed by atoms with van der Waals surface area (Å²) < 4.78 is 43.1. The van der Waals surface area contributed by atoms with Crippen LogP contribution in [-0.2, 0) is 0 Å². The first-order valence-corrected chi connectivity index (χ1v) is 5.65. The molecule has 0 bridgehead atoms. The number of hydrogen-bond donors (Lipinski definition) is 0. The smallest absolute Gasteiger partial charge is 0.397 e. The van der Waals surface area contributed by atoms with E-state index in [1.54, 1.807) is 12.1 Å². The molecule has 1 aliphatic carbocycles. The summed E-state index contributed by atoms with van der Waals surface area (Å²) in [5.74, 6) is 0.269. The van der Waals surface area contributed by atoms with Crippen molar-refractivity contribution in [2.24, 2.45) is 5.41 Å². The maximum absolute atomic E-state index is 12.6. The molecule has 0 radical (unpaired) electrons. The van der Waals surface area contributed by atoms with Gasteiger partial charge in [-0.1, -0.05) is 0 Å². The monoisotopic (exact) mass is 258 g/mol. The van der Waals surface area contributed by atoms with Gasteiger partial charge in [0.1, 0.15) is 17.8 Å². The lowest BCUT2D eigenvalue weighted by Crippen LogP contribution is -2.30.